The van der Waals surface area contributed by atoms with E-state index in [0.717, 1.165) is 27.9 Å². The van der Waals surface area contributed by atoms with Crippen molar-refractivity contribution in [3.8, 4) is 28.2 Å². The largest absolute Gasteiger partial charge is 0.383 e. The molecule has 2 aromatic carbocycles. The molecule has 0 aliphatic rings. The van der Waals surface area contributed by atoms with E-state index < -0.39 is 0 Å². The zero-order valence-corrected chi connectivity index (χ0v) is 22.2. The van der Waals surface area contributed by atoms with Gasteiger partial charge in [-0.05, 0) is 35.6 Å². The average molecular weight is 534 g/mol. The number of hydrogen-bond donors (Lipinski definition) is 2. The molecule has 0 saturated carbocycles. The lowest BCUT2D eigenvalue weighted by Gasteiger charge is -2.24. The molecule has 0 bridgehead atoms. The lowest BCUT2D eigenvalue weighted by molar-refractivity contribution is 0.394. The van der Waals surface area contributed by atoms with E-state index in [-0.39, 0.29) is 23.2 Å². The molecule has 11 nitrogen and oxygen atoms in total. The van der Waals surface area contributed by atoms with Crippen LogP contribution in [0, 0.1) is 6.92 Å². The molecule has 200 valence electrons. The second-order valence-electron chi connectivity index (χ2n) is 9.44. The Bertz CT molecular complexity index is 1890. The van der Waals surface area contributed by atoms with Crippen molar-refractivity contribution in [2.45, 2.75) is 26.3 Å². The zero-order valence-electron chi connectivity index (χ0n) is 22.2. The molecule has 3 N–H and O–H groups in total. The van der Waals surface area contributed by atoms with E-state index in [2.05, 4.69) is 30.5 Å². The first-order chi connectivity index (χ1) is 19.4. The van der Waals surface area contributed by atoms with Crippen LogP contribution in [-0.4, -0.2) is 34.5 Å². The van der Waals surface area contributed by atoms with Gasteiger partial charge < -0.3 is 15.6 Å². The maximum absolute atomic E-state index is 14.4. The first kappa shape index (κ1) is 25.0. The summed E-state index contributed by atoms with van der Waals surface area (Å²) in [7, 11) is 1.86. The van der Waals surface area contributed by atoms with E-state index in [1.165, 1.54) is 6.33 Å². The van der Waals surface area contributed by atoms with Crippen LogP contribution in [0.4, 0.5) is 11.6 Å². The van der Waals surface area contributed by atoms with Gasteiger partial charge in [0.05, 0.1) is 17.6 Å². The fourth-order valence-corrected chi connectivity index (χ4v) is 4.96. The van der Waals surface area contributed by atoms with Crippen LogP contribution in [0.1, 0.15) is 31.0 Å². The number of aryl methyl sites for hydroxylation is 2. The van der Waals surface area contributed by atoms with Crippen LogP contribution >= 0.6 is 0 Å². The van der Waals surface area contributed by atoms with Gasteiger partial charge in [0, 0.05) is 37.1 Å². The van der Waals surface area contributed by atoms with E-state index in [9.17, 15) is 4.79 Å². The number of nitrogen functional groups attached to an aromatic ring is 1. The van der Waals surface area contributed by atoms with Crippen LogP contribution in [0.3, 0.4) is 0 Å². The van der Waals surface area contributed by atoms with Gasteiger partial charge in [-0.25, -0.2) is 9.97 Å². The van der Waals surface area contributed by atoms with Crippen LogP contribution < -0.4 is 16.6 Å². The van der Waals surface area contributed by atoms with Crippen molar-refractivity contribution in [3.05, 3.63) is 95.3 Å². The van der Waals surface area contributed by atoms with Gasteiger partial charge in [0.2, 0.25) is 11.7 Å². The van der Waals surface area contributed by atoms with Crippen LogP contribution in [0.5, 0.6) is 0 Å². The summed E-state index contributed by atoms with van der Waals surface area (Å²) in [5.74, 6) is 1.34. The third-order valence-corrected chi connectivity index (χ3v) is 6.81. The van der Waals surface area contributed by atoms with Crippen LogP contribution in [-0.2, 0) is 7.05 Å². The molecular weight excluding hydrogens is 506 g/mol. The minimum atomic E-state index is -0.333. The standard InChI is InChI=1S/C29H27N9O2/c1-4-22(35-27-25(26(30)31-16-32-27)28-34-17(2)40-36-28)23-13-18-9-8-12-21(19-14-33-37(3)15-19)24(18)29(39)38(23)20-10-6-5-7-11-20/h5-16,22H,4H2,1-3H3,(H3,30,31,32,35). The number of fused-ring (bicyclic) bond motifs is 1. The zero-order chi connectivity index (χ0) is 27.8. The van der Waals surface area contributed by atoms with Gasteiger partial charge in [-0.3, -0.25) is 14.0 Å². The third kappa shape index (κ3) is 4.37. The Morgan fingerprint density at radius 1 is 1.10 bits per heavy atom. The number of rotatable bonds is 7. The number of hydrogen-bond acceptors (Lipinski definition) is 9. The molecule has 4 aromatic heterocycles. The molecule has 1 unspecified atom stereocenters. The fourth-order valence-electron chi connectivity index (χ4n) is 4.96. The van der Waals surface area contributed by atoms with Crippen molar-refractivity contribution in [1.82, 2.24) is 34.5 Å². The lowest BCUT2D eigenvalue weighted by atomic mass is 9.99. The Hall–Kier alpha value is -5.32. The van der Waals surface area contributed by atoms with Gasteiger partial charge in [0.25, 0.3) is 5.56 Å². The summed E-state index contributed by atoms with van der Waals surface area (Å²) >= 11 is 0. The van der Waals surface area contributed by atoms with Gasteiger partial charge in [-0.2, -0.15) is 10.1 Å². The Kier molecular flexibility index (Phi) is 6.31. The number of nitrogens with zero attached hydrogens (tertiary/aromatic N) is 7. The molecule has 0 amide bonds. The minimum Gasteiger partial charge on any atom is -0.383 e. The topological polar surface area (TPSA) is 143 Å². The van der Waals surface area contributed by atoms with Crippen molar-refractivity contribution in [3.63, 3.8) is 0 Å². The molecule has 0 saturated heterocycles. The van der Waals surface area contributed by atoms with Gasteiger partial charge in [0.1, 0.15) is 23.5 Å². The Labute approximate surface area is 229 Å². The highest BCUT2D eigenvalue weighted by molar-refractivity contribution is 5.96. The predicted octanol–water partition coefficient (Wildman–Crippen LogP) is 4.69. The van der Waals surface area contributed by atoms with Gasteiger partial charge in [-0.15, -0.1) is 0 Å². The number of benzene rings is 2. The highest BCUT2D eigenvalue weighted by Gasteiger charge is 2.24. The van der Waals surface area contributed by atoms with E-state index in [1.807, 2.05) is 74.8 Å². The van der Waals surface area contributed by atoms with Gasteiger partial charge >= 0.3 is 0 Å². The summed E-state index contributed by atoms with van der Waals surface area (Å²) in [5.41, 5.74) is 9.76. The maximum Gasteiger partial charge on any atom is 0.263 e. The molecule has 11 heteroatoms. The van der Waals surface area contributed by atoms with Crippen molar-refractivity contribution in [2.24, 2.45) is 7.05 Å². The first-order valence-corrected chi connectivity index (χ1v) is 12.9. The van der Waals surface area contributed by atoms with E-state index in [4.69, 9.17) is 10.3 Å². The van der Waals surface area contributed by atoms with Crippen molar-refractivity contribution >= 4 is 22.4 Å². The molecule has 6 rings (SSSR count). The monoisotopic (exact) mass is 533 g/mol. The highest BCUT2D eigenvalue weighted by Crippen LogP contribution is 2.34. The molecule has 0 spiro atoms. The van der Waals surface area contributed by atoms with Crippen LogP contribution in [0.15, 0.2) is 82.6 Å². The fraction of sp³-hybridized carbons (Fsp3) is 0.172. The summed E-state index contributed by atoms with van der Waals surface area (Å²) in [4.78, 5) is 27.3. The predicted molar refractivity (Wildman–Crippen MR) is 153 cm³/mol. The number of anilines is 2. The molecule has 1 atom stereocenters. The molecule has 0 radical (unpaired) electrons. The summed E-state index contributed by atoms with van der Waals surface area (Å²) in [6.45, 7) is 3.74. The summed E-state index contributed by atoms with van der Waals surface area (Å²) in [6, 6.07) is 17.2. The molecule has 40 heavy (non-hydrogen) atoms. The molecule has 0 aliphatic heterocycles. The van der Waals surface area contributed by atoms with E-state index in [0.29, 0.717) is 29.1 Å². The number of nitrogens with two attached hydrogens (primary N) is 1. The number of nitrogens with one attached hydrogen (secondary N) is 1. The second-order valence-corrected chi connectivity index (χ2v) is 9.44. The molecule has 0 aliphatic carbocycles. The van der Waals surface area contributed by atoms with Gasteiger partial charge in [-0.1, -0.05) is 48.5 Å². The van der Waals surface area contributed by atoms with Crippen LogP contribution in [0.2, 0.25) is 0 Å². The van der Waals surface area contributed by atoms with Crippen LogP contribution in [0.25, 0.3) is 39.0 Å². The van der Waals surface area contributed by atoms with Gasteiger partial charge in [0.15, 0.2) is 0 Å². The maximum atomic E-state index is 14.4. The molecule has 6 aromatic rings. The normalized spacial score (nSPS) is 12.1. The quantitative estimate of drug-likeness (QED) is 0.299. The highest BCUT2D eigenvalue weighted by atomic mass is 16.5. The summed E-state index contributed by atoms with van der Waals surface area (Å²) in [5, 5.41) is 13.3. The van der Waals surface area contributed by atoms with E-state index >= 15 is 0 Å². The number of pyridine rings is 1. The summed E-state index contributed by atoms with van der Waals surface area (Å²) in [6.07, 6.45) is 5.69. The second kappa shape index (κ2) is 10.1. The average Bonchev–Trinajstić information content (AvgIpc) is 3.59. The smallest absolute Gasteiger partial charge is 0.263 e. The Morgan fingerprint density at radius 2 is 1.93 bits per heavy atom. The Morgan fingerprint density at radius 3 is 2.62 bits per heavy atom. The van der Waals surface area contributed by atoms with Crippen molar-refractivity contribution in [1.29, 1.82) is 0 Å². The molecule has 4 heterocycles. The third-order valence-electron chi connectivity index (χ3n) is 6.81. The Balaban J connectivity index is 1.56. The lowest BCUT2D eigenvalue weighted by Crippen LogP contribution is -2.27. The molecular formula is C29H27N9O2. The van der Waals surface area contributed by atoms with Crippen molar-refractivity contribution < 1.29 is 4.52 Å². The first-order valence-electron chi connectivity index (χ1n) is 12.9. The minimum absolute atomic E-state index is 0.130. The molecule has 0 fully saturated rings. The summed E-state index contributed by atoms with van der Waals surface area (Å²) < 4.78 is 8.67. The SMILES string of the molecule is CCC(Nc1ncnc(N)c1-c1noc(C)n1)c1cc2cccc(-c3cnn(C)c3)c2c(=O)n1-c1ccccc1. The van der Waals surface area contributed by atoms with E-state index in [1.54, 1.807) is 22.4 Å². The number of para-hydroxylation sites is 1. The number of aromatic nitrogens is 7. The van der Waals surface area contributed by atoms with Crippen molar-refractivity contribution in [2.75, 3.05) is 11.1 Å².